The summed E-state index contributed by atoms with van der Waals surface area (Å²) in [7, 11) is 1.75. The fourth-order valence-corrected chi connectivity index (χ4v) is 0.992. The Morgan fingerprint density at radius 1 is 1.58 bits per heavy atom. The van der Waals surface area contributed by atoms with Gasteiger partial charge < -0.3 is 0 Å². The first-order chi connectivity index (χ1) is 5.66. The lowest BCUT2D eigenvalue weighted by Crippen LogP contribution is -2.09. The van der Waals surface area contributed by atoms with Crippen LogP contribution in [0.25, 0.3) is 0 Å². The molecule has 0 radical (unpaired) electrons. The largest absolute Gasteiger partial charge is 0.284 e. The SMILES string of the molecule is Bc1cccc([N+](=O)[O-])c1C#C. The smallest absolute Gasteiger partial charge is 0.258 e. The Kier molecular flexibility index (Phi) is 2.15. The van der Waals surface area contributed by atoms with Crippen LogP contribution in [0, 0.1) is 22.5 Å². The van der Waals surface area contributed by atoms with Gasteiger partial charge in [-0.2, -0.15) is 0 Å². The molecule has 0 aliphatic heterocycles. The fraction of sp³-hybridized carbons (Fsp3) is 0. The highest BCUT2D eigenvalue weighted by Crippen LogP contribution is 2.13. The van der Waals surface area contributed by atoms with E-state index >= 15 is 0 Å². The van der Waals surface area contributed by atoms with Crippen molar-refractivity contribution in [1.29, 1.82) is 0 Å². The van der Waals surface area contributed by atoms with Crippen molar-refractivity contribution in [3.63, 3.8) is 0 Å². The van der Waals surface area contributed by atoms with Crippen molar-refractivity contribution in [2.45, 2.75) is 0 Å². The summed E-state index contributed by atoms with van der Waals surface area (Å²) in [6, 6.07) is 4.78. The van der Waals surface area contributed by atoms with Gasteiger partial charge in [0.2, 0.25) is 0 Å². The van der Waals surface area contributed by atoms with E-state index in [2.05, 4.69) is 5.92 Å². The number of hydrogen-bond acceptors (Lipinski definition) is 2. The number of nitro benzene ring substituents is 1. The number of benzene rings is 1. The Morgan fingerprint density at radius 3 is 2.67 bits per heavy atom. The van der Waals surface area contributed by atoms with Crippen LogP contribution in [0.1, 0.15) is 5.56 Å². The van der Waals surface area contributed by atoms with E-state index in [0.717, 1.165) is 5.46 Å². The summed E-state index contributed by atoms with van der Waals surface area (Å²) in [4.78, 5) is 9.97. The maximum atomic E-state index is 10.4. The molecule has 4 heteroatoms. The molecule has 3 nitrogen and oxygen atoms in total. The summed E-state index contributed by atoms with van der Waals surface area (Å²) in [5, 5.41) is 10.4. The molecule has 0 fully saturated rings. The molecule has 0 spiro atoms. The van der Waals surface area contributed by atoms with Crippen LogP contribution >= 0.6 is 0 Å². The molecular weight excluding hydrogens is 153 g/mol. The zero-order valence-corrected chi connectivity index (χ0v) is 6.57. The first kappa shape index (κ1) is 8.34. The van der Waals surface area contributed by atoms with E-state index in [1.807, 2.05) is 0 Å². The van der Waals surface area contributed by atoms with E-state index in [1.165, 1.54) is 6.07 Å². The van der Waals surface area contributed by atoms with Crippen molar-refractivity contribution in [3.8, 4) is 12.3 Å². The van der Waals surface area contributed by atoms with E-state index in [4.69, 9.17) is 6.42 Å². The predicted molar refractivity (Wildman–Crippen MR) is 49.2 cm³/mol. The van der Waals surface area contributed by atoms with Crippen molar-refractivity contribution in [2.75, 3.05) is 0 Å². The van der Waals surface area contributed by atoms with Gasteiger partial charge >= 0.3 is 0 Å². The average molecular weight is 159 g/mol. The molecule has 1 aromatic rings. The minimum atomic E-state index is -0.470. The molecule has 0 aromatic heterocycles. The molecule has 0 unspecified atom stereocenters. The maximum Gasteiger partial charge on any atom is 0.284 e. The zero-order chi connectivity index (χ0) is 9.14. The number of nitro groups is 1. The number of rotatable bonds is 1. The summed E-state index contributed by atoms with van der Waals surface area (Å²) in [6.07, 6.45) is 5.13. The molecule has 58 valence electrons. The molecule has 0 aliphatic carbocycles. The summed E-state index contributed by atoms with van der Waals surface area (Å²) in [6.45, 7) is 0. The van der Waals surface area contributed by atoms with Crippen molar-refractivity contribution in [1.82, 2.24) is 0 Å². The normalized spacial score (nSPS) is 8.92. The zero-order valence-electron chi connectivity index (χ0n) is 6.57. The van der Waals surface area contributed by atoms with Gasteiger partial charge in [-0.25, -0.2) is 0 Å². The third-order valence-electron chi connectivity index (χ3n) is 1.59. The topological polar surface area (TPSA) is 43.1 Å². The monoisotopic (exact) mass is 159 g/mol. The maximum absolute atomic E-state index is 10.4. The Bertz CT molecular complexity index is 368. The van der Waals surface area contributed by atoms with Crippen molar-refractivity contribution >= 4 is 19.0 Å². The first-order valence-corrected chi connectivity index (χ1v) is 3.37. The molecule has 0 bridgehead atoms. The third-order valence-corrected chi connectivity index (χ3v) is 1.59. The molecule has 0 heterocycles. The third kappa shape index (κ3) is 1.30. The van der Waals surface area contributed by atoms with Crippen LogP contribution in [0.2, 0.25) is 0 Å². The Hall–Kier alpha value is -1.76. The second-order valence-electron chi connectivity index (χ2n) is 2.37. The quantitative estimate of drug-likeness (QED) is 0.247. The lowest BCUT2D eigenvalue weighted by molar-refractivity contribution is -0.385. The Morgan fingerprint density at radius 2 is 2.25 bits per heavy atom. The number of nitrogens with zero attached hydrogens (tertiary/aromatic N) is 1. The van der Waals surface area contributed by atoms with E-state index in [-0.39, 0.29) is 5.69 Å². The highest BCUT2D eigenvalue weighted by molar-refractivity contribution is 6.34. The first-order valence-electron chi connectivity index (χ1n) is 3.37. The molecule has 1 rings (SSSR count). The molecule has 0 saturated carbocycles. The van der Waals surface area contributed by atoms with Crippen molar-refractivity contribution in [3.05, 3.63) is 33.9 Å². The van der Waals surface area contributed by atoms with Crippen LogP contribution in [0.15, 0.2) is 18.2 Å². The Labute approximate surface area is 71.0 Å². The molecule has 0 atom stereocenters. The summed E-state index contributed by atoms with van der Waals surface area (Å²) < 4.78 is 0. The average Bonchev–Trinajstić information content (AvgIpc) is 2.03. The fourth-order valence-electron chi connectivity index (χ4n) is 0.992. The van der Waals surface area contributed by atoms with Gasteiger partial charge in [-0.1, -0.05) is 23.5 Å². The van der Waals surface area contributed by atoms with Gasteiger partial charge in [0.25, 0.3) is 5.69 Å². The van der Waals surface area contributed by atoms with Crippen LogP contribution in [0.5, 0.6) is 0 Å². The van der Waals surface area contributed by atoms with Gasteiger partial charge in [0, 0.05) is 6.07 Å². The molecule has 0 saturated heterocycles. The molecule has 0 amide bonds. The van der Waals surface area contributed by atoms with Crippen LogP contribution in [0.3, 0.4) is 0 Å². The van der Waals surface area contributed by atoms with E-state index in [1.54, 1.807) is 20.0 Å². The van der Waals surface area contributed by atoms with Crippen molar-refractivity contribution < 1.29 is 4.92 Å². The number of hydrogen-bond donors (Lipinski definition) is 0. The van der Waals surface area contributed by atoms with Gasteiger partial charge in [-0.3, -0.25) is 10.1 Å². The highest BCUT2D eigenvalue weighted by Gasteiger charge is 2.11. The van der Waals surface area contributed by atoms with Crippen molar-refractivity contribution in [2.24, 2.45) is 0 Å². The molecule has 1 aromatic carbocycles. The van der Waals surface area contributed by atoms with Gasteiger partial charge in [-0.05, 0) is 0 Å². The second-order valence-corrected chi connectivity index (χ2v) is 2.37. The Balaban J connectivity index is 3.40. The van der Waals surface area contributed by atoms with Gasteiger partial charge in [0.1, 0.15) is 7.85 Å². The minimum absolute atomic E-state index is 0.00231. The lowest BCUT2D eigenvalue weighted by Gasteiger charge is -1.98. The summed E-state index contributed by atoms with van der Waals surface area (Å²) in [5.74, 6) is 2.30. The summed E-state index contributed by atoms with van der Waals surface area (Å²) in [5.41, 5.74) is 1.12. The molecule has 0 aliphatic rings. The van der Waals surface area contributed by atoms with Gasteiger partial charge in [-0.15, -0.1) is 6.42 Å². The highest BCUT2D eigenvalue weighted by atomic mass is 16.6. The van der Waals surface area contributed by atoms with Crippen LogP contribution in [0.4, 0.5) is 5.69 Å². The lowest BCUT2D eigenvalue weighted by atomic mass is 9.90. The van der Waals surface area contributed by atoms with E-state index in [0.29, 0.717) is 5.56 Å². The standard InChI is InChI=1S/C8H6BNO2/c1-2-6-7(9)4-3-5-8(6)10(11)12/h1,3-5H,9H2. The summed E-state index contributed by atoms with van der Waals surface area (Å²) >= 11 is 0. The van der Waals surface area contributed by atoms with E-state index < -0.39 is 4.92 Å². The van der Waals surface area contributed by atoms with E-state index in [9.17, 15) is 10.1 Å². The minimum Gasteiger partial charge on any atom is -0.258 e. The van der Waals surface area contributed by atoms with Crippen LogP contribution in [-0.4, -0.2) is 12.8 Å². The molecular formula is C8H6BNO2. The van der Waals surface area contributed by atoms with Crippen LogP contribution in [-0.2, 0) is 0 Å². The number of terminal acetylenes is 1. The molecule has 12 heavy (non-hydrogen) atoms. The predicted octanol–water partition coefficient (Wildman–Crippen LogP) is -0.165. The van der Waals surface area contributed by atoms with Gasteiger partial charge in [0.05, 0.1) is 10.5 Å². The van der Waals surface area contributed by atoms with Gasteiger partial charge in [0.15, 0.2) is 0 Å². The second kappa shape index (κ2) is 3.10. The molecule has 0 N–H and O–H groups in total. The van der Waals surface area contributed by atoms with Crippen LogP contribution < -0.4 is 5.46 Å².